The Bertz CT molecular complexity index is 1040. The smallest absolute Gasteiger partial charge is 0.277 e. The number of aromatic amines is 1. The Hall–Kier alpha value is -2.67. The highest BCUT2D eigenvalue weighted by Crippen LogP contribution is 2.30. The van der Waals surface area contributed by atoms with E-state index >= 15 is 0 Å². The van der Waals surface area contributed by atoms with Crippen LogP contribution in [0.3, 0.4) is 0 Å². The van der Waals surface area contributed by atoms with Crippen LogP contribution in [0.25, 0.3) is 11.5 Å². The molecule has 0 saturated heterocycles. The zero-order valence-corrected chi connectivity index (χ0v) is 17.7. The maximum atomic E-state index is 12.9. The molecule has 0 radical (unpaired) electrons. The molecular weight excluding hydrogens is 374 g/mol. The summed E-state index contributed by atoms with van der Waals surface area (Å²) >= 11 is 1.21. The number of ketones is 2. The Kier molecular flexibility index (Phi) is 5.56. The number of aryl methyl sites for hydroxylation is 3. The van der Waals surface area contributed by atoms with E-state index < -0.39 is 5.25 Å². The van der Waals surface area contributed by atoms with Crippen LogP contribution < -0.4 is 0 Å². The van der Waals surface area contributed by atoms with Gasteiger partial charge in [-0.05, 0) is 59.2 Å². The van der Waals surface area contributed by atoms with Crippen molar-refractivity contribution in [2.75, 3.05) is 0 Å². The molecule has 0 aliphatic carbocycles. The van der Waals surface area contributed by atoms with E-state index in [9.17, 15) is 9.59 Å². The molecule has 0 unspecified atom stereocenters. The number of aromatic nitrogens is 3. The van der Waals surface area contributed by atoms with Gasteiger partial charge in [0.25, 0.3) is 5.22 Å². The number of nitrogens with zero attached hydrogens (tertiary/aromatic N) is 2. The van der Waals surface area contributed by atoms with Gasteiger partial charge in [0.2, 0.25) is 5.89 Å². The van der Waals surface area contributed by atoms with E-state index in [2.05, 4.69) is 21.2 Å². The SMILES string of the molecule is CC(=O)c1c(C)[nH]c(C(=O)[C@@H](C)Sc2nnc(-c3cc(C)cc(C)c3)o2)c1C. The molecule has 2 aromatic heterocycles. The summed E-state index contributed by atoms with van der Waals surface area (Å²) in [5, 5.41) is 8.08. The van der Waals surface area contributed by atoms with Crippen molar-refractivity contribution in [3.63, 3.8) is 0 Å². The molecule has 28 heavy (non-hydrogen) atoms. The van der Waals surface area contributed by atoms with Crippen molar-refractivity contribution in [3.8, 4) is 11.5 Å². The number of benzene rings is 1. The number of nitrogens with one attached hydrogen (secondary N) is 1. The maximum absolute atomic E-state index is 12.9. The molecule has 0 bridgehead atoms. The molecule has 0 spiro atoms. The molecule has 7 heteroatoms. The first-order valence-corrected chi connectivity index (χ1v) is 9.88. The van der Waals surface area contributed by atoms with Crippen molar-refractivity contribution in [2.45, 2.75) is 52.0 Å². The maximum Gasteiger partial charge on any atom is 0.277 e. The first-order chi connectivity index (χ1) is 13.2. The molecule has 0 fully saturated rings. The minimum absolute atomic E-state index is 0.0550. The normalized spacial score (nSPS) is 12.2. The first kappa shape index (κ1) is 20.1. The van der Waals surface area contributed by atoms with Gasteiger partial charge < -0.3 is 9.40 Å². The first-order valence-electron chi connectivity index (χ1n) is 9.00. The van der Waals surface area contributed by atoms with Crippen molar-refractivity contribution >= 4 is 23.3 Å². The monoisotopic (exact) mass is 397 g/mol. The van der Waals surface area contributed by atoms with E-state index in [4.69, 9.17) is 4.42 Å². The topological polar surface area (TPSA) is 88.9 Å². The third-order valence-corrected chi connectivity index (χ3v) is 5.49. The molecule has 1 aromatic carbocycles. The van der Waals surface area contributed by atoms with Crippen molar-refractivity contribution in [1.82, 2.24) is 15.2 Å². The molecule has 2 heterocycles. The number of carbonyl (C=O) groups is 2. The fourth-order valence-electron chi connectivity index (χ4n) is 3.40. The van der Waals surface area contributed by atoms with Crippen molar-refractivity contribution in [2.24, 2.45) is 0 Å². The summed E-state index contributed by atoms with van der Waals surface area (Å²) in [7, 11) is 0. The minimum atomic E-state index is -0.441. The summed E-state index contributed by atoms with van der Waals surface area (Å²) in [4.78, 5) is 27.7. The predicted molar refractivity (Wildman–Crippen MR) is 109 cm³/mol. The lowest BCUT2D eigenvalue weighted by atomic mass is 10.0. The van der Waals surface area contributed by atoms with Crippen LogP contribution in [-0.2, 0) is 0 Å². The summed E-state index contributed by atoms with van der Waals surface area (Å²) in [5.41, 5.74) is 5.52. The van der Waals surface area contributed by atoms with E-state index in [1.54, 1.807) is 20.8 Å². The van der Waals surface area contributed by atoms with Crippen molar-refractivity contribution in [3.05, 3.63) is 51.8 Å². The summed E-state index contributed by atoms with van der Waals surface area (Å²) in [5.74, 6) is 0.268. The van der Waals surface area contributed by atoms with Gasteiger partial charge in [-0.1, -0.05) is 29.0 Å². The van der Waals surface area contributed by atoms with Crippen LogP contribution in [-0.4, -0.2) is 32.0 Å². The number of thioether (sulfide) groups is 1. The number of hydrogen-bond donors (Lipinski definition) is 1. The highest BCUT2D eigenvalue weighted by atomic mass is 32.2. The van der Waals surface area contributed by atoms with Gasteiger partial charge in [0.15, 0.2) is 11.6 Å². The van der Waals surface area contributed by atoms with Crippen LogP contribution in [0.2, 0.25) is 0 Å². The molecule has 1 atom stereocenters. The second kappa shape index (κ2) is 7.75. The van der Waals surface area contributed by atoms with Gasteiger partial charge >= 0.3 is 0 Å². The van der Waals surface area contributed by atoms with E-state index in [0.29, 0.717) is 33.6 Å². The minimum Gasteiger partial charge on any atom is -0.411 e. The van der Waals surface area contributed by atoms with E-state index in [-0.39, 0.29) is 11.6 Å². The van der Waals surface area contributed by atoms with E-state index in [0.717, 1.165) is 16.7 Å². The third-order valence-electron chi connectivity index (χ3n) is 4.56. The van der Waals surface area contributed by atoms with Crippen LogP contribution >= 0.6 is 11.8 Å². The van der Waals surface area contributed by atoms with Crippen LogP contribution in [0.1, 0.15) is 57.1 Å². The van der Waals surface area contributed by atoms with Crippen LogP contribution in [0.15, 0.2) is 27.8 Å². The lowest BCUT2D eigenvalue weighted by molar-refractivity contribution is 0.0988. The Balaban J connectivity index is 1.79. The summed E-state index contributed by atoms with van der Waals surface area (Å²) in [6.45, 7) is 10.9. The van der Waals surface area contributed by atoms with Gasteiger partial charge in [0.1, 0.15) is 0 Å². The van der Waals surface area contributed by atoms with Crippen LogP contribution in [0.5, 0.6) is 0 Å². The largest absolute Gasteiger partial charge is 0.411 e. The molecule has 1 N–H and O–H groups in total. The lowest BCUT2D eigenvalue weighted by Gasteiger charge is -2.07. The van der Waals surface area contributed by atoms with E-state index in [1.807, 2.05) is 26.0 Å². The number of carbonyl (C=O) groups excluding carboxylic acids is 2. The number of rotatable bonds is 6. The van der Waals surface area contributed by atoms with Gasteiger partial charge in [0.05, 0.1) is 10.9 Å². The second-order valence-corrected chi connectivity index (χ2v) is 8.35. The summed E-state index contributed by atoms with van der Waals surface area (Å²) in [6.07, 6.45) is 0. The molecule has 0 aliphatic rings. The molecule has 3 aromatic rings. The Labute approximate surface area is 168 Å². The quantitative estimate of drug-likeness (QED) is 0.472. The molecule has 146 valence electrons. The third kappa shape index (κ3) is 3.94. The van der Waals surface area contributed by atoms with Crippen LogP contribution in [0.4, 0.5) is 0 Å². The average Bonchev–Trinajstić information content (AvgIpc) is 3.17. The summed E-state index contributed by atoms with van der Waals surface area (Å²) < 4.78 is 5.76. The highest BCUT2D eigenvalue weighted by Gasteiger charge is 2.25. The van der Waals surface area contributed by atoms with Crippen molar-refractivity contribution in [1.29, 1.82) is 0 Å². The van der Waals surface area contributed by atoms with Gasteiger partial charge in [-0.3, -0.25) is 9.59 Å². The standard InChI is InChI=1S/C21H23N3O3S/c1-10-7-11(2)9-16(8-10)20-23-24-21(27-20)28-15(6)19(26)18-12(3)17(14(5)25)13(4)22-18/h7-9,15,22H,1-6H3/t15-/m1/s1. The second-order valence-electron chi connectivity index (χ2n) is 7.06. The fourth-order valence-corrected chi connectivity index (χ4v) is 4.15. The molecule has 6 nitrogen and oxygen atoms in total. The van der Waals surface area contributed by atoms with Gasteiger partial charge in [-0.2, -0.15) is 0 Å². The van der Waals surface area contributed by atoms with E-state index in [1.165, 1.54) is 18.7 Å². The lowest BCUT2D eigenvalue weighted by Crippen LogP contribution is -2.15. The number of hydrogen-bond acceptors (Lipinski definition) is 6. The zero-order valence-electron chi connectivity index (χ0n) is 16.8. The van der Waals surface area contributed by atoms with Crippen molar-refractivity contribution < 1.29 is 14.0 Å². The molecule has 0 aliphatic heterocycles. The fraction of sp³-hybridized carbons (Fsp3) is 0.333. The van der Waals surface area contributed by atoms with Gasteiger partial charge in [-0.15, -0.1) is 10.2 Å². The van der Waals surface area contributed by atoms with Gasteiger partial charge in [-0.25, -0.2) is 0 Å². The number of H-pyrrole nitrogens is 1. The Morgan fingerprint density at radius 1 is 1.07 bits per heavy atom. The molecular formula is C21H23N3O3S. The van der Waals surface area contributed by atoms with Crippen LogP contribution in [0, 0.1) is 27.7 Å². The number of Topliss-reactive ketones (excluding diaryl/α,β-unsaturated/α-hetero) is 2. The Morgan fingerprint density at radius 2 is 1.71 bits per heavy atom. The Morgan fingerprint density at radius 3 is 2.29 bits per heavy atom. The zero-order chi connectivity index (χ0) is 20.6. The molecule has 0 amide bonds. The molecule has 0 saturated carbocycles. The average molecular weight is 398 g/mol. The highest BCUT2D eigenvalue weighted by molar-refractivity contribution is 8.00. The molecule has 3 rings (SSSR count). The summed E-state index contributed by atoms with van der Waals surface area (Å²) in [6, 6.07) is 6.04. The van der Waals surface area contributed by atoms with Gasteiger partial charge in [0, 0.05) is 16.8 Å². The predicted octanol–water partition coefficient (Wildman–Crippen LogP) is 4.86.